The smallest absolute Gasteiger partial charge is 0.267 e. The van der Waals surface area contributed by atoms with E-state index in [-0.39, 0.29) is 24.1 Å². The molecule has 31 heavy (non-hydrogen) atoms. The Morgan fingerprint density at radius 2 is 1.77 bits per heavy atom. The van der Waals surface area contributed by atoms with Crippen LogP contribution >= 0.6 is 0 Å². The molecule has 2 aromatic carbocycles. The van der Waals surface area contributed by atoms with Gasteiger partial charge in [0, 0.05) is 26.2 Å². The number of nitrogens with zero attached hydrogens (tertiary/aromatic N) is 3. The number of carbonyl (C=O) groups excluding carboxylic acids is 1. The normalized spacial score (nSPS) is 19.9. The second-order valence-corrected chi connectivity index (χ2v) is 7.87. The first-order chi connectivity index (χ1) is 15.1. The number of ether oxygens (including phenoxy) is 2. The first kappa shape index (κ1) is 19.6. The molecule has 0 unspecified atom stereocenters. The van der Waals surface area contributed by atoms with E-state index in [9.17, 15) is 9.59 Å². The summed E-state index contributed by atoms with van der Waals surface area (Å²) < 4.78 is 11.6. The number of carbonyl (C=O) groups is 1. The maximum absolute atomic E-state index is 12.9. The number of aromatic nitrogens is 2. The maximum atomic E-state index is 12.9. The fraction of sp³-hybridized carbons (Fsp3) is 0.348. The Bertz CT molecular complexity index is 1170. The number of fused-ring (bicyclic) bond motifs is 2. The zero-order chi connectivity index (χ0) is 21.4. The number of amides is 1. The number of rotatable bonds is 3. The van der Waals surface area contributed by atoms with E-state index in [4.69, 9.17) is 9.47 Å². The molecule has 0 spiro atoms. The lowest BCUT2D eigenvalue weighted by Crippen LogP contribution is -2.54. The molecule has 2 aliphatic heterocycles. The van der Waals surface area contributed by atoms with Crippen LogP contribution in [-0.2, 0) is 4.79 Å². The maximum Gasteiger partial charge on any atom is 0.267 e. The third kappa shape index (κ3) is 3.74. The van der Waals surface area contributed by atoms with Crippen molar-refractivity contribution in [2.45, 2.75) is 19.1 Å². The third-order valence-corrected chi connectivity index (χ3v) is 5.98. The van der Waals surface area contributed by atoms with Gasteiger partial charge in [0.1, 0.15) is 12.4 Å². The predicted molar refractivity (Wildman–Crippen MR) is 115 cm³/mol. The van der Waals surface area contributed by atoms with Crippen LogP contribution in [0.15, 0.2) is 53.3 Å². The topological polar surface area (TPSA) is 87.8 Å². The molecule has 1 amide bonds. The lowest BCUT2D eigenvalue weighted by molar-refractivity contribution is -0.143. The van der Waals surface area contributed by atoms with E-state index in [1.165, 1.54) is 0 Å². The van der Waals surface area contributed by atoms with Crippen molar-refractivity contribution in [3.8, 4) is 11.5 Å². The molecule has 0 aliphatic carbocycles. The van der Waals surface area contributed by atoms with Gasteiger partial charge in [-0.25, -0.2) is 4.98 Å². The van der Waals surface area contributed by atoms with E-state index < -0.39 is 6.10 Å². The van der Waals surface area contributed by atoms with Crippen molar-refractivity contribution in [3.63, 3.8) is 0 Å². The lowest BCUT2D eigenvalue weighted by Gasteiger charge is -2.39. The van der Waals surface area contributed by atoms with Crippen molar-refractivity contribution >= 4 is 16.8 Å². The molecular weight excluding hydrogens is 396 g/mol. The number of aromatic amines is 1. The summed E-state index contributed by atoms with van der Waals surface area (Å²) in [4.78, 5) is 37.0. The quantitative estimate of drug-likeness (QED) is 0.697. The molecule has 3 heterocycles. The molecule has 0 bridgehead atoms. The summed E-state index contributed by atoms with van der Waals surface area (Å²) in [5.74, 6) is 1.86. The average molecular weight is 420 g/mol. The van der Waals surface area contributed by atoms with Crippen molar-refractivity contribution in [1.29, 1.82) is 0 Å². The summed E-state index contributed by atoms with van der Waals surface area (Å²) in [7, 11) is 0. The molecule has 1 aromatic heterocycles. The van der Waals surface area contributed by atoms with Gasteiger partial charge in [-0.2, -0.15) is 0 Å². The van der Waals surface area contributed by atoms with Gasteiger partial charge in [0.05, 0.1) is 16.9 Å². The van der Waals surface area contributed by atoms with Crippen molar-refractivity contribution in [2.75, 3.05) is 32.8 Å². The molecule has 5 rings (SSSR count). The van der Waals surface area contributed by atoms with E-state index in [1.807, 2.05) is 54.3 Å². The Labute approximate surface area is 179 Å². The molecule has 8 nitrogen and oxygen atoms in total. The molecule has 2 atom stereocenters. The van der Waals surface area contributed by atoms with E-state index in [0.29, 0.717) is 54.4 Å². The molecule has 8 heteroatoms. The molecule has 1 N–H and O–H groups in total. The SMILES string of the molecule is C[C@H](c1nc2ccccc2c(=O)[nH]1)N1CCN(C(=O)[C@@H]2COc3ccccc3O2)CC1. The Balaban J connectivity index is 1.23. The molecular formula is C23H24N4O4. The highest BCUT2D eigenvalue weighted by molar-refractivity contribution is 5.82. The van der Waals surface area contributed by atoms with Gasteiger partial charge in [-0.3, -0.25) is 14.5 Å². The van der Waals surface area contributed by atoms with E-state index in [2.05, 4.69) is 14.9 Å². The van der Waals surface area contributed by atoms with Crippen LogP contribution in [0.2, 0.25) is 0 Å². The number of nitrogens with one attached hydrogen (secondary N) is 1. The largest absolute Gasteiger partial charge is 0.485 e. The highest BCUT2D eigenvalue weighted by Gasteiger charge is 2.33. The second kappa shape index (κ2) is 8.03. The zero-order valence-corrected chi connectivity index (χ0v) is 17.3. The number of H-pyrrole nitrogens is 1. The predicted octanol–water partition coefficient (Wildman–Crippen LogP) is 1.97. The first-order valence-electron chi connectivity index (χ1n) is 10.5. The number of piperazine rings is 1. The van der Waals surface area contributed by atoms with Crippen LogP contribution in [0.4, 0.5) is 0 Å². The fourth-order valence-corrected chi connectivity index (χ4v) is 4.15. The third-order valence-electron chi connectivity index (χ3n) is 5.98. The highest BCUT2D eigenvalue weighted by atomic mass is 16.6. The van der Waals surface area contributed by atoms with Crippen molar-refractivity contribution in [3.05, 3.63) is 64.7 Å². The van der Waals surface area contributed by atoms with E-state index in [1.54, 1.807) is 6.07 Å². The standard InChI is InChI=1S/C23H24N4O4/c1-15(21-24-17-7-3-2-6-16(17)22(28)25-21)26-10-12-27(13-11-26)23(29)20-14-30-18-8-4-5-9-19(18)31-20/h2-9,15,20H,10-14H2,1H3,(H,24,25,28)/t15-,20+/m1/s1. The molecule has 0 saturated carbocycles. The summed E-state index contributed by atoms with van der Waals surface area (Å²) in [5, 5.41) is 0.588. The minimum atomic E-state index is -0.627. The van der Waals surface area contributed by atoms with Gasteiger partial charge < -0.3 is 19.4 Å². The highest BCUT2D eigenvalue weighted by Crippen LogP contribution is 2.31. The van der Waals surface area contributed by atoms with Gasteiger partial charge >= 0.3 is 0 Å². The minimum absolute atomic E-state index is 0.0564. The van der Waals surface area contributed by atoms with Gasteiger partial charge in [-0.05, 0) is 31.2 Å². The molecule has 160 valence electrons. The summed E-state index contributed by atoms with van der Waals surface area (Å²) in [5.41, 5.74) is 0.563. The van der Waals surface area contributed by atoms with Crippen LogP contribution < -0.4 is 15.0 Å². The van der Waals surface area contributed by atoms with Crippen LogP contribution in [-0.4, -0.2) is 64.6 Å². The van der Waals surface area contributed by atoms with Crippen LogP contribution in [0.5, 0.6) is 11.5 Å². The number of hydrogen-bond acceptors (Lipinski definition) is 6. The fourth-order valence-electron chi connectivity index (χ4n) is 4.15. The Kier molecular flexibility index (Phi) is 5.07. The number of hydrogen-bond donors (Lipinski definition) is 1. The van der Waals surface area contributed by atoms with Crippen LogP contribution in [0.25, 0.3) is 10.9 Å². The molecule has 1 saturated heterocycles. The van der Waals surface area contributed by atoms with Gasteiger partial charge in [0.2, 0.25) is 6.10 Å². The van der Waals surface area contributed by atoms with Crippen LogP contribution in [0, 0.1) is 0 Å². The number of para-hydroxylation sites is 3. The van der Waals surface area contributed by atoms with Gasteiger partial charge in [0.25, 0.3) is 11.5 Å². The summed E-state index contributed by atoms with van der Waals surface area (Å²) in [6.45, 7) is 4.79. The minimum Gasteiger partial charge on any atom is -0.485 e. The number of benzene rings is 2. The summed E-state index contributed by atoms with van der Waals surface area (Å²) in [6, 6.07) is 14.7. The summed E-state index contributed by atoms with van der Waals surface area (Å²) in [6.07, 6.45) is -0.627. The Morgan fingerprint density at radius 3 is 2.58 bits per heavy atom. The van der Waals surface area contributed by atoms with Crippen LogP contribution in [0.3, 0.4) is 0 Å². The molecule has 1 fully saturated rings. The monoisotopic (exact) mass is 420 g/mol. The summed E-state index contributed by atoms with van der Waals surface area (Å²) >= 11 is 0. The van der Waals surface area contributed by atoms with Gasteiger partial charge in [-0.15, -0.1) is 0 Å². The first-order valence-corrected chi connectivity index (χ1v) is 10.5. The van der Waals surface area contributed by atoms with Crippen LogP contribution in [0.1, 0.15) is 18.8 Å². The van der Waals surface area contributed by atoms with E-state index >= 15 is 0 Å². The average Bonchev–Trinajstić information content (AvgIpc) is 2.83. The van der Waals surface area contributed by atoms with E-state index in [0.717, 1.165) is 0 Å². The lowest BCUT2D eigenvalue weighted by atomic mass is 10.1. The Morgan fingerprint density at radius 1 is 1.06 bits per heavy atom. The van der Waals surface area contributed by atoms with Gasteiger partial charge in [-0.1, -0.05) is 24.3 Å². The molecule has 0 radical (unpaired) electrons. The molecule has 3 aromatic rings. The van der Waals surface area contributed by atoms with Crippen molar-refractivity contribution in [1.82, 2.24) is 19.8 Å². The second-order valence-electron chi connectivity index (χ2n) is 7.87. The van der Waals surface area contributed by atoms with Gasteiger partial charge in [0.15, 0.2) is 11.5 Å². The Hall–Kier alpha value is -3.39. The van der Waals surface area contributed by atoms with Crippen molar-refractivity contribution in [2.24, 2.45) is 0 Å². The molecule has 2 aliphatic rings. The van der Waals surface area contributed by atoms with Crippen molar-refractivity contribution < 1.29 is 14.3 Å². The zero-order valence-electron chi connectivity index (χ0n) is 17.3.